The predicted octanol–water partition coefficient (Wildman–Crippen LogP) is 6.25. The summed E-state index contributed by atoms with van der Waals surface area (Å²) in [6.45, 7) is 0. The average Bonchev–Trinajstić information content (AvgIpc) is 3.41. The zero-order valence-corrected chi connectivity index (χ0v) is 20.4. The van der Waals surface area contributed by atoms with E-state index < -0.39 is 0 Å². The van der Waals surface area contributed by atoms with E-state index in [1.165, 1.54) is 38.3 Å². The number of benzene rings is 4. The number of rotatable bonds is 4. The number of carbonyl (C=O) groups excluding carboxylic acids is 1. The van der Waals surface area contributed by atoms with Crippen molar-refractivity contribution >= 4 is 48.7 Å². The van der Waals surface area contributed by atoms with Gasteiger partial charge in [-0.2, -0.15) is 0 Å². The summed E-state index contributed by atoms with van der Waals surface area (Å²) in [6.07, 6.45) is 4.43. The Bertz CT molecular complexity index is 1390. The minimum atomic E-state index is 0.0262. The molecule has 0 bridgehead atoms. The van der Waals surface area contributed by atoms with Gasteiger partial charge in [-0.1, -0.05) is 60.7 Å². The Hall–Kier alpha value is -2.61. The summed E-state index contributed by atoms with van der Waals surface area (Å²) in [5, 5.41) is 7.01. The minimum Gasteiger partial charge on any atom is -0.325 e. The monoisotopic (exact) mass is 467 g/mol. The first-order valence-electron chi connectivity index (χ1n) is 11.6. The molecule has 0 fully saturated rings. The Kier molecular flexibility index (Phi) is 5.28. The van der Waals surface area contributed by atoms with Crippen molar-refractivity contribution in [3.63, 3.8) is 0 Å². The van der Waals surface area contributed by atoms with Crippen LogP contribution in [-0.4, -0.2) is 11.7 Å². The molecule has 0 heterocycles. The van der Waals surface area contributed by atoms with Crippen LogP contribution in [0, 0.1) is 0 Å². The number of aryl methyl sites for hydroxylation is 2. The summed E-state index contributed by atoms with van der Waals surface area (Å²) in [7, 11) is 2.95. The topological polar surface area (TPSA) is 29.1 Å². The van der Waals surface area contributed by atoms with Gasteiger partial charge in [-0.3, -0.25) is 4.79 Å². The van der Waals surface area contributed by atoms with Crippen molar-refractivity contribution in [2.24, 2.45) is 0 Å². The van der Waals surface area contributed by atoms with Gasteiger partial charge in [0.05, 0.1) is 5.75 Å². The molecule has 0 radical (unpaired) electrons. The number of hydrogen-bond acceptors (Lipinski definition) is 2. The van der Waals surface area contributed by atoms with Gasteiger partial charge in [-0.05, 0) is 82.2 Å². The van der Waals surface area contributed by atoms with E-state index in [1.807, 2.05) is 0 Å². The summed E-state index contributed by atoms with van der Waals surface area (Å²) in [5.41, 5.74) is 6.69. The van der Waals surface area contributed by atoms with Gasteiger partial charge in [0.2, 0.25) is 5.91 Å². The maximum atomic E-state index is 13.0. The van der Waals surface area contributed by atoms with E-state index in [4.69, 9.17) is 0 Å². The van der Waals surface area contributed by atoms with Crippen LogP contribution < -0.4 is 10.6 Å². The summed E-state index contributed by atoms with van der Waals surface area (Å²) in [4.78, 5) is 14.2. The summed E-state index contributed by atoms with van der Waals surface area (Å²) >= 11 is 1.60. The quantitative estimate of drug-likeness (QED) is 0.284. The van der Waals surface area contributed by atoms with Crippen LogP contribution in [0.1, 0.15) is 35.1 Å². The number of amides is 1. The second kappa shape index (κ2) is 8.31. The van der Waals surface area contributed by atoms with Gasteiger partial charge in [0, 0.05) is 16.0 Å². The van der Waals surface area contributed by atoms with Crippen LogP contribution in [0.15, 0.2) is 83.8 Å². The van der Waals surface area contributed by atoms with Crippen molar-refractivity contribution in [1.29, 1.82) is 0 Å². The lowest BCUT2D eigenvalue weighted by atomic mass is 9.76. The van der Waals surface area contributed by atoms with E-state index in [0.717, 1.165) is 36.3 Å². The minimum absolute atomic E-state index is 0.0262. The Morgan fingerprint density at radius 2 is 1.58 bits per heavy atom. The molecule has 0 saturated carbocycles. The van der Waals surface area contributed by atoms with Crippen LogP contribution in [-0.2, 0) is 23.1 Å². The van der Waals surface area contributed by atoms with Gasteiger partial charge in [-0.15, -0.1) is 21.0 Å². The van der Waals surface area contributed by atoms with E-state index in [1.54, 1.807) is 11.8 Å². The van der Waals surface area contributed by atoms with Crippen molar-refractivity contribution in [1.82, 2.24) is 0 Å². The van der Waals surface area contributed by atoms with Crippen molar-refractivity contribution in [3.8, 4) is 0 Å². The fraction of sp³-hybridized carbons (Fsp3) is 0.207. The predicted molar refractivity (Wildman–Crippen MR) is 143 cm³/mol. The smallest absolute Gasteiger partial charge is 0.234 e. The Balaban J connectivity index is 1.26. The molecule has 2 aliphatic carbocycles. The number of carbonyl (C=O) groups is 1. The molecule has 4 aromatic rings. The molecular weight excluding hydrogens is 441 g/mol. The lowest BCUT2D eigenvalue weighted by molar-refractivity contribution is -0.113. The molecule has 2 aliphatic rings. The molecule has 33 heavy (non-hydrogen) atoms. The van der Waals surface area contributed by atoms with E-state index in [-0.39, 0.29) is 11.3 Å². The molecule has 2 atom stereocenters. The Morgan fingerprint density at radius 3 is 2.39 bits per heavy atom. The van der Waals surface area contributed by atoms with E-state index in [9.17, 15) is 4.79 Å². The molecule has 1 N–H and O–H groups in total. The van der Waals surface area contributed by atoms with Gasteiger partial charge in [0.1, 0.15) is 0 Å². The normalized spacial score (nSPS) is 18.5. The number of thioether (sulfide) groups is 1. The van der Waals surface area contributed by atoms with Crippen LogP contribution in [0.4, 0.5) is 5.69 Å². The largest absolute Gasteiger partial charge is 0.325 e. The molecule has 1 spiro atoms. The van der Waals surface area contributed by atoms with Gasteiger partial charge in [0.15, 0.2) is 0 Å². The first-order chi connectivity index (χ1) is 16.1. The third-order valence-corrected chi connectivity index (χ3v) is 8.77. The molecule has 6 rings (SSSR count). The van der Waals surface area contributed by atoms with Crippen LogP contribution >= 0.6 is 21.0 Å². The molecule has 0 saturated heterocycles. The molecule has 4 heteroatoms. The third kappa shape index (κ3) is 3.59. The SMILES string of the molecule is O=C(CSc1ccc2ccccc2c1)Nc1cccc2c1[C@]1(CCc3cccc(P)c31)CC2. The first kappa shape index (κ1) is 21.0. The van der Waals surface area contributed by atoms with E-state index >= 15 is 0 Å². The summed E-state index contributed by atoms with van der Waals surface area (Å²) < 4.78 is 0. The Labute approximate surface area is 201 Å². The molecule has 2 nitrogen and oxygen atoms in total. The van der Waals surface area contributed by atoms with Crippen LogP contribution in [0.25, 0.3) is 10.8 Å². The van der Waals surface area contributed by atoms with Gasteiger partial charge < -0.3 is 5.32 Å². The zero-order chi connectivity index (χ0) is 22.4. The maximum absolute atomic E-state index is 13.0. The number of fused-ring (bicyclic) bond motifs is 5. The molecule has 0 aromatic heterocycles. The molecule has 1 amide bonds. The van der Waals surface area contributed by atoms with Gasteiger partial charge in [0.25, 0.3) is 0 Å². The first-order valence-corrected chi connectivity index (χ1v) is 13.1. The molecule has 1 unspecified atom stereocenters. The highest BCUT2D eigenvalue weighted by molar-refractivity contribution is 8.00. The fourth-order valence-corrected chi connectivity index (χ4v) is 7.25. The lowest BCUT2D eigenvalue weighted by Gasteiger charge is -2.30. The van der Waals surface area contributed by atoms with Crippen molar-refractivity contribution in [3.05, 3.63) is 101 Å². The van der Waals surface area contributed by atoms with Gasteiger partial charge in [-0.25, -0.2) is 0 Å². The van der Waals surface area contributed by atoms with Crippen molar-refractivity contribution in [2.75, 3.05) is 11.1 Å². The van der Waals surface area contributed by atoms with E-state index in [2.05, 4.69) is 93.4 Å². The summed E-state index contributed by atoms with van der Waals surface area (Å²) in [5.74, 6) is 0.460. The molecule has 0 aliphatic heterocycles. The molecule has 164 valence electrons. The number of nitrogens with one attached hydrogen (secondary N) is 1. The highest BCUT2D eigenvalue weighted by Gasteiger charge is 2.47. The van der Waals surface area contributed by atoms with E-state index in [0.29, 0.717) is 5.75 Å². The standard InChI is InChI=1S/C29H26NOPS/c31-26(18-33-23-12-11-19-5-1-2-6-22(19)17-23)30-24-9-3-7-20-13-15-29(27(20)24)16-14-21-8-4-10-25(32)28(21)29/h1-12,17H,13-16,18,32H2,(H,30,31)/t29-/m1/s1. The number of anilines is 1. The highest BCUT2D eigenvalue weighted by Crippen LogP contribution is 2.54. The molecular formula is C29H26NOPS. The third-order valence-electron chi connectivity index (χ3n) is 7.30. The van der Waals surface area contributed by atoms with Crippen molar-refractivity contribution in [2.45, 2.75) is 36.0 Å². The Morgan fingerprint density at radius 1 is 0.848 bits per heavy atom. The fourth-order valence-electron chi connectivity index (χ4n) is 5.93. The van der Waals surface area contributed by atoms with Crippen LogP contribution in [0.2, 0.25) is 0 Å². The maximum Gasteiger partial charge on any atom is 0.234 e. The highest BCUT2D eigenvalue weighted by atomic mass is 32.2. The van der Waals surface area contributed by atoms with Gasteiger partial charge >= 0.3 is 0 Å². The lowest BCUT2D eigenvalue weighted by Crippen LogP contribution is -2.28. The van der Waals surface area contributed by atoms with Crippen molar-refractivity contribution < 1.29 is 4.79 Å². The second-order valence-corrected chi connectivity index (χ2v) is 10.8. The second-order valence-electron chi connectivity index (χ2n) is 9.15. The molecule has 4 aromatic carbocycles. The van der Waals surface area contributed by atoms with Crippen LogP contribution in [0.5, 0.6) is 0 Å². The van der Waals surface area contributed by atoms with Crippen LogP contribution in [0.3, 0.4) is 0 Å². The summed E-state index contributed by atoms with van der Waals surface area (Å²) in [6, 6.07) is 27.8. The average molecular weight is 468 g/mol. The zero-order valence-electron chi connectivity index (χ0n) is 18.4. The number of hydrogen-bond donors (Lipinski definition) is 1.